The standard InChI is InChI=1S/C19H17N7/c1-25-11-18(21-12-25)16-6-7-17-19(22-16)26(24-23-17)10-13-4-5-15-14(9-13)3-2-8-20-15/h2-9,12,18H,10-11H2,1H3. The average molecular weight is 343 g/mol. The van der Waals surface area contributed by atoms with E-state index in [9.17, 15) is 0 Å². The van der Waals surface area contributed by atoms with Crippen LogP contribution in [0.3, 0.4) is 0 Å². The molecule has 7 nitrogen and oxygen atoms in total. The van der Waals surface area contributed by atoms with Crippen LogP contribution in [0.15, 0.2) is 53.7 Å². The van der Waals surface area contributed by atoms with Crippen LogP contribution in [-0.4, -0.2) is 49.8 Å². The summed E-state index contributed by atoms with van der Waals surface area (Å²) in [6.45, 7) is 1.46. The first-order valence-corrected chi connectivity index (χ1v) is 8.54. The van der Waals surface area contributed by atoms with Crippen LogP contribution in [0.25, 0.3) is 22.1 Å². The number of rotatable bonds is 3. The molecule has 4 heterocycles. The van der Waals surface area contributed by atoms with Crippen LogP contribution in [0.2, 0.25) is 0 Å². The molecule has 0 spiro atoms. The van der Waals surface area contributed by atoms with Gasteiger partial charge in [0.15, 0.2) is 5.65 Å². The first-order valence-electron chi connectivity index (χ1n) is 8.54. The minimum Gasteiger partial charge on any atom is -0.363 e. The Morgan fingerprint density at radius 3 is 2.92 bits per heavy atom. The summed E-state index contributed by atoms with van der Waals surface area (Å²) >= 11 is 0. The van der Waals surface area contributed by atoms with Gasteiger partial charge in [-0.1, -0.05) is 17.3 Å². The Morgan fingerprint density at radius 1 is 1.12 bits per heavy atom. The molecule has 7 heteroatoms. The first kappa shape index (κ1) is 14.9. The Bertz CT molecular complexity index is 1130. The number of pyridine rings is 2. The van der Waals surface area contributed by atoms with Gasteiger partial charge in [0.2, 0.25) is 0 Å². The lowest BCUT2D eigenvalue weighted by atomic mass is 10.1. The molecule has 0 fully saturated rings. The number of benzene rings is 1. The third kappa shape index (κ3) is 2.57. The summed E-state index contributed by atoms with van der Waals surface area (Å²) in [5.41, 5.74) is 4.67. The van der Waals surface area contributed by atoms with Crippen molar-refractivity contribution in [3.05, 3.63) is 59.9 Å². The summed E-state index contributed by atoms with van der Waals surface area (Å²) in [5, 5.41) is 9.66. The molecule has 5 rings (SSSR count). The second-order valence-electron chi connectivity index (χ2n) is 6.58. The second kappa shape index (κ2) is 5.87. The Morgan fingerprint density at radius 2 is 2.04 bits per heavy atom. The molecule has 1 unspecified atom stereocenters. The zero-order valence-electron chi connectivity index (χ0n) is 14.3. The smallest absolute Gasteiger partial charge is 0.179 e. The largest absolute Gasteiger partial charge is 0.363 e. The van der Waals surface area contributed by atoms with Crippen molar-refractivity contribution in [3.8, 4) is 0 Å². The van der Waals surface area contributed by atoms with E-state index in [-0.39, 0.29) is 6.04 Å². The van der Waals surface area contributed by atoms with Crippen LogP contribution in [0.5, 0.6) is 0 Å². The number of aromatic nitrogens is 5. The normalized spacial score (nSPS) is 16.8. The average Bonchev–Trinajstić information content (AvgIpc) is 3.28. The molecule has 0 N–H and O–H groups in total. The van der Waals surface area contributed by atoms with E-state index in [1.165, 1.54) is 0 Å². The van der Waals surface area contributed by atoms with Crippen molar-refractivity contribution in [1.82, 2.24) is 29.9 Å². The maximum absolute atomic E-state index is 4.80. The fourth-order valence-electron chi connectivity index (χ4n) is 3.29. The molecule has 0 amide bonds. The zero-order chi connectivity index (χ0) is 17.5. The Labute approximate surface area is 150 Å². The maximum Gasteiger partial charge on any atom is 0.179 e. The van der Waals surface area contributed by atoms with Gasteiger partial charge in [-0.25, -0.2) is 9.67 Å². The van der Waals surface area contributed by atoms with E-state index in [2.05, 4.69) is 43.4 Å². The van der Waals surface area contributed by atoms with Gasteiger partial charge in [-0.3, -0.25) is 9.98 Å². The van der Waals surface area contributed by atoms with Crippen molar-refractivity contribution >= 4 is 28.4 Å². The van der Waals surface area contributed by atoms with Crippen molar-refractivity contribution in [2.24, 2.45) is 4.99 Å². The quantitative estimate of drug-likeness (QED) is 0.571. The predicted molar refractivity (Wildman–Crippen MR) is 100 cm³/mol. The van der Waals surface area contributed by atoms with Gasteiger partial charge in [-0.15, -0.1) is 5.10 Å². The van der Waals surface area contributed by atoms with Crippen LogP contribution >= 0.6 is 0 Å². The maximum atomic E-state index is 4.80. The highest BCUT2D eigenvalue weighted by atomic mass is 15.4. The SMILES string of the molecule is CN1C=NC(c2ccc3nnn(Cc4ccc5ncccc5c4)c3n2)C1. The number of likely N-dealkylation sites (N-methyl/N-ethyl adjacent to an activating group) is 1. The van der Waals surface area contributed by atoms with Crippen LogP contribution in [-0.2, 0) is 6.54 Å². The topological polar surface area (TPSA) is 72.1 Å². The zero-order valence-corrected chi connectivity index (χ0v) is 14.3. The molecule has 1 aliphatic heterocycles. The van der Waals surface area contributed by atoms with Crippen molar-refractivity contribution in [2.45, 2.75) is 12.6 Å². The Balaban J connectivity index is 1.50. The Hall–Kier alpha value is -3.35. The first-order chi connectivity index (χ1) is 12.8. The van der Waals surface area contributed by atoms with Gasteiger partial charge in [0.25, 0.3) is 0 Å². The second-order valence-corrected chi connectivity index (χ2v) is 6.58. The third-order valence-electron chi connectivity index (χ3n) is 4.63. The Kier molecular flexibility index (Phi) is 3.38. The van der Waals surface area contributed by atoms with Crippen molar-refractivity contribution in [3.63, 3.8) is 0 Å². The van der Waals surface area contributed by atoms with Crippen LogP contribution in [0.1, 0.15) is 17.3 Å². The summed E-state index contributed by atoms with van der Waals surface area (Å²) in [4.78, 5) is 15.7. The monoisotopic (exact) mass is 343 g/mol. The van der Waals surface area contributed by atoms with E-state index in [0.717, 1.165) is 39.9 Å². The molecule has 1 aromatic carbocycles. The van der Waals surface area contributed by atoms with E-state index in [0.29, 0.717) is 6.54 Å². The van der Waals surface area contributed by atoms with Crippen molar-refractivity contribution in [2.75, 3.05) is 13.6 Å². The number of nitrogens with zero attached hydrogens (tertiary/aromatic N) is 7. The molecule has 26 heavy (non-hydrogen) atoms. The number of hydrogen-bond donors (Lipinski definition) is 0. The van der Waals surface area contributed by atoms with Gasteiger partial charge in [0.1, 0.15) is 11.6 Å². The molecule has 128 valence electrons. The summed E-state index contributed by atoms with van der Waals surface area (Å²) in [6.07, 6.45) is 3.66. The van der Waals surface area contributed by atoms with Crippen LogP contribution < -0.4 is 0 Å². The van der Waals surface area contributed by atoms with Gasteiger partial charge >= 0.3 is 0 Å². The molecule has 0 saturated heterocycles. The van der Waals surface area contributed by atoms with Crippen LogP contribution in [0, 0.1) is 0 Å². The fraction of sp³-hybridized carbons (Fsp3) is 0.211. The van der Waals surface area contributed by atoms with E-state index < -0.39 is 0 Å². The third-order valence-corrected chi connectivity index (χ3v) is 4.63. The van der Waals surface area contributed by atoms with E-state index >= 15 is 0 Å². The van der Waals surface area contributed by atoms with Crippen LogP contribution in [0.4, 0.5) is 0 Å². The summed E-state index contributed by atoms with van der Waals surface area (Å²) < 4.78 is 1.85. The summed E-state index contributed by atoms with van der Waals surface area (Å²) in [5.74, 6) is 0. The van der Waals surface area contributed by atoms with Gasteiger partial charge in [-0.2, -0.15) is 0 Å². The summed E-state index contributed by atoms with van der Waals surface area (Å²) in [6, 6.07) is 14.3. The lowest BCUT2D eigenvalue weighted by molar-refractivity contribution is 0.510. The van der Waals surface area contributed by atoms with Crippen molar-refractivity contribution in [1.29, 1.82) is 0 Å². The molecule has 1 aliphatic rings. The van der Waals surface area contributed by atoms with Gasteiger partial charge in [0.05, 0.1) is 24.1 Å². The summed E-state index contributed by atoms with van der Waals surface area (Å²) in [7, 11) is 2.02. The minimum absolute atomic E-state index is 0.0690. The molecule has 0 aliphatic carbocycles. The lowest BCUT2D eigenvalue weighted by Crippen LogP contribution is -2.15. The van der Waals surface area contributed by atoms with Crippen molar-refractivity contribution < 1.29 is 0 Å². The number of fused-ring (bicyclic) bond motifs is 2. The van der Waals surface area contributed by atoms with E-state index in [1.807, 2.05) is 42.3 Å². The van der Waals surface area contributed by atoms with E-state index in [1.54, 1.807) is 6.20 Å². The minimum atomic E-state index is 0.0690. The highest BCUT2D eigenvalue weighted by molar-refractivity contribution is 5.79. The molecular formula is C19H17N7. The molecular weight excluding hydrogens is 326 g/mol. The predicted octanol–water partition coefficient (Wildman–Crippen LogP) is 2.44. The number of aliphatic imine (C=N–C) groups is 1. The van der Waals surface area contributed by atoms with Gasteiger partial charge in [-0.05, 0) is 35.9 Å². The fourth-order valence-corrected chi connectivity index (χ4v) is 3.29. The molecule has 3 aromatic heterocycles. The molecule has 4 aromatic rings. The molecule has 1 atom stereocenters. The molecule has 0 bridgehead atoms. The van der Waals surface area contributed by atoms with Gasteiger partial charge < -0.3 is 4.90 Å². The lowest BCUT2D eigenvalue weighted by Gasteiger charge is -2.10. The highest BCUT2D eigenvalue weighted by Gasteiger charge is 2.19. The molecule has 0 radical (unpaired) electrons. The van der Waals surface area contributed by atoms with Gasteiger partial charge in [0, 0.05) is 25.2 Å². The highest BCUT2D eigenvalue weighted by Crippen LogP contribution is 2.22. The number of hydrogen-bond acceptors (Lipinski definition) is 6. The molecule has 0 saturated carbocycles. The van der Waals surface area contributed by atoms with E-state index in [4.69, 9.17) is 4.98 Å².